The maximum absolute atomic E-state index is 10.0. The van der Waals surface area contributed by atoms with Gasteiger partial charge in [-0.25, -0.2) is 9.13 Å². The van der Waals surface area contributed by atoms with Crippen LogP contribution in [0.25, 0.3) is 0 Å². The van der Waals surface area contributed by atoms with Gasteiger partial charge in [-0.15, -0.1) is 0 Å². The Kier molecular flexibility index (Phi) is 2.25. The highest BCUT2D eigenvalue weighted by Crippen LogP contribution is 2.22. The van der Waals surface area contributed by atoms with Crippen molar-refractivity contribution in [2.24, 2.45) is 0 Å². The van der Waals surface area contributed by atoms with Gasteiger partial charge in [0.05, 0.1) is 0 Å². The van der Waals surface area contributed by atoms with E-state index < -0.39 is 19.0 Å². The lowest BCUT2D eigenvalue weighted by Gasteiger charge is -2.05. The molecule has 0 saturated heterocycles. The van der Waals surface area contributed by atoms with Gasteiger partial charge in [0, 0.05) is 6.92 Å². The van der Waals surface area contributed by atoms with Crippen LogP contribution in [-0.2, 0) is 13.9 Å². The summed E-state index contributed by atoms with van der Waals surface area (Å²) in [6.07, 6.45) is 0. The molecule has 0 unspecified atom stereocenters. The summed E-state index contributed by atoms with van der Waals surface area (Å²) < 4.78 is 19.6. The standard InChI is InChI=1S/C3H5O5P/c1-2(4)3(5,6)9(7)8/h5-6H,1H3. The van der Waals surface area contributed by atoms with Crippen LogP contribution in [0.4, 0.5) is 0 Å². The summed E-state index contributed by atoms with van der Waals surface area (Å²) in [5.74, 6) is -1.21. The fourth-order valence-corrected chi connectivity index (χ4v) is 0.386. The van der Waals surface area contributed by atoms with Gasteiger partial charge in [0.15, 0.2) is 0 Å². The Bertz CT molecular complexity index is 182. The van der Waals surface area contributed by atoms with Crippen LogP contribution >= 0.6 is 7.68 Å². The first-order valence-electron chi connectivity index (χ1n) is 1.99. The van der Waals surface area contributed by atoms with Gasteiger partial charge in [0.25, 0.3) is 0 Å². The van der Waals surface area contributed by atoms with Crippen LogP contribution in [0.5, 0.6) is 0 Å². The van der Waals surface area contributed by atoms with Gasteiger partial charge >= 0.3 is 13.2 Å². The molecule has 0 aliphatic carbocycles. The van der Waals surface area contributed by atoms with E-state index in [2.05, 4.69) is 0 Å². The molecule has 5 nitrogen and oxygen atoms in total. The Balaban J connectivity index is 4.59. The van der Waals surface area contributed by atoms with Gasteiger partial charge in [-0.2, -0.15) is 0 Å². The average molecular weight is 152 g/mol. The van der Waals surface area contributed by atoms with E-state index in [-0.39, 0.29) is 0 Å². The van der Waals surface area contributed by atoms with Crippen LogP contribution in [0.1, 0.15) is 6.92 Å². The summed E-state index contributed by atoms with van der Waals surface area (Å²) in [7, 11) is -3.52. The molecule has 0 aliphatic heterocycles. The second-order valence-electron chi connectivity index (χ2n) is 1.45. The number of aliphatic hydroxyl groups is 2. The highest BCUT2D eigenvalue weighted by molar-refractivity contribution is 7.33. The molecule has 2 N–H and O–H groups in total. The van der Waals surface area contributed by atoms with E-state index in [0.717, 1.165) is 6.92 Å². The molecule has 0 aromatic heterocycles. The zero-order chi connectivity index (χ0) is 7.65. The van der Waals surface area contributed by atoms with Gasteiger partial charge in [-0.1, -0.05) is 0 Å². The summed E-state index contributed by atoms with van der Waals surface area (Å²) in [6.45, 7) is 0.769. The Labute approximate surface area is 51.1 Å². The molecule has 0 fully saturated rings. The number of Topliss-reactive ketones (excluding diaryl/α,β-unsaturated/α-hetero) is 1. The highest BCUT2D eigenvalue weighted by Gasteiger charge is 2.36. The van der Waals surface area contributed by atoms with Gasteiger partial charge in [0.1, 0.15) is 0 Å². The third-order valence-corrected chi connectivity index (χ3v) is 1.55. The third kappa shape index (κ3) is 1.71. The van der Waals surface area contributed by atoms with Gasteiger partial charge in [-0.3, -0.25) is 4.79 Å². The van der Waals surface area contributed by atoms with Crippen LogP contribution in [0.3, 0.4) is 0 Å². The lowest BCUT2D eigenvalue weighted by atomic mass is 10.4. The van der Waals surface area contributed by atoms with Crippen LogP contribution in [0.2, 0.25) is 0 Å². The minimum atomic E-state index is -3.52. The molecular formula is C3H5O5P. The molecule has 6 heteroatoms. The molecule has 0 amide bonds. The molecular weight excluding hydrogens is 147 g/mol. The second-order valence-corrected chi connectivity index (χ2v) is 2.59. The van der Waals surface area contributed by atoms with Gasteiger partial charge in [-0.05, 0) is 0 Å². The minimum absolute atomic E-state index is 0.769. The fourth-order valence-electron chi connectivity index (χ4n) is 0.129. The molecule has 0 aromatic carbocycles. The summed E-state index contributed by atoms with van der Waals surface area (Å²) in [5.41, 5.74) is -3.19. The lowest BCUT2D eigenvalue weighted by molar-refractivity contribution is -0.152. The zero-order valence-corrected chi connectivity index (χ0v) is 5.46. The quantitative estimate of drug-likeness (QED) is 0.406. The smallest absolute Gasteiger partial charge is 0.348 e. The molecule has 0 bridgehead atoms. The maximum Gasteiger partial charge on any atom is 0.385 e. The fraction of sp³-hybridized carbons (Fsp3) is 0.667. The highest BCUT2D eigenvalue weighted by atomic mass is 31.1. The van der Waals surface area contributed by atoms with Crippen molar-refractivity contribution in [1.82, 2.24) is 0 Å². The van der Waals surface area contributed by atoms with Crippen molar-refractivity contribution in [2.45, 2.75) is 12.5 Å². The van der Waals surface area contributed by atoms with E-state index in [9.17, 15) is 13.9 Å². The lowest BCUT2D eigenvalue weighted by Crippen LogP contribution is -2.30. The zero-order valence-electron chi connectivity index (χ0n) is 4.57. The van der Waals surface area contributed by atoms with Crippen molar-refractivity contribution in [2.75, 3.05) is 0 Å². The van der Waals surface area contributed by atoms with E-state index in [4.69, 9.17) is 10.2 Å². The summed E-state index contributed by atoms with van der Waals surface area (Å²) >= 11 is 0. The Morgan fingerprint density at radius 3 is 1.78 bits per heavy atom. The van der Waals surface area contributed by atoms with Crippen LogP contribution in [0, 0.1) is 0 Å². The average Bonchev–Trinajstić information content (AvgIpc) is 1.65. The summed E-state index contributed by atoms with van der Waals surface area (Å²) in [4.78, 5) is 10.0. The molecule has 0 spiro atoms. The second kappa shape index (κ2) is 2.39. The molecule has 0 heterocycles. The number of ketones is 1. The van der Waals surface area contributed by atoms with Crippen LogP contribution < -0.4 is 0 Å². The van der Waals surface area contributed by atoms with Crippen molar-refractivity contribution in [1.29, 1.82) is 0 Å². The summed E-state index contributed by atoms with van der Waals surface area (Å²) in [6, 6.07) is 0. The Morgan fingerprint density at radius 2 is 1.78 bits per heavy atom. The van der Waals surface area contributed by atoms with E-state index >= 15 is 0 Å². The number of hydrogen-bond acceptors (Lipinski definition) is 5. The van der Waals surface area contributed by atoms with E-state index in [1.165, 1.54) is 0 Å². The first kappa shape index (κ1) is 8.49. The van der Waals surface area contributed by atoms with Crippen molar-refractivity contribution in [3.05, 3.63) is 0 Å². The molecule has 0 rings (SSSR count). The van der Waals surface area contributed by atoms with E-state index in [0.29, 0.717) is 0 Å². The SMILES string of the molecule is CC(=O)C(O)(O)P(=O)=O. The topological polar surface area (TPSA) is 91.7 Å². The number of carbonyl (C=O) groups is 1. The van der Waals surface area contributed by atoms with Crippen molar-refractivity contribution in [3.8, 4) is 0 Å². The molecule has 0 aromatic rings. The first-order chi connectivity index (χ1) is 3.89. The summed E-state index contributed by atoms with van der Waals surface area (Å²) in [5, 5.41) is 16.6. The van der Waals surface area contributed by atoms with E-state index in [1.54, 1.807) is 0 Å². The predicted molar refractivity (Wildman–Crippen MR) is 26.1 cm³/mol. The van der Waals surface area contributed by atoms with Crippen LogP contribution in [0.15, 0.2) is 0 Å². The predicted octanol–water partition coefficient (Wildman–Crippen LogP) is -0.613. The molecule has 9 heavy (non-hydrogen) atoms. The van der Waals surface area contributed by atoms with Crippen LogP contribution in [-0.4, -0.2) is 21.5 Å². The van der Waals surface area contributed by atoms with Crippen molar-refractivity contribution < 1.29 is 24.1 Å². The minimum Gasteiger partial charge on any atom is -0.348 e. The van der Waals surface area contributed by atoms with Crippen molar-refractivity contribution in [3.63, 3.8) is 0 Å². The molecule has 0 aliphatic rings. The Morgan fingerprint density at radius 1 is 1.44 bits per heavy atom. The Hall–Kier alpha value is -0.510. The number of carbonyl (C=O) groups excluding carboxylic acids is 1. The first-order valence-corrected chi connectivity index (χ1v) is 3.17. The molecule has 0 saturated carbocycles. The van der Waals surface area contributed by atoms with E-state index in [1.807, 2.05) is 0 Å². The van der Waals surface area contributed by atoms with Crippen molar-refractivity contribution >= 4 is 13.5 Å². The maximum atomic E-state index is 10.0. The van der Waals surface area contributed by atoms with Gasteiger partial charge < -0.3 is 10.2 Å². The monoisotopic (exact) mass is 152 g/mol. The largest absolute Gasteiger partial charge is 0.385 e. The van der Waals surface area contributed by atoms with Gasteiger partial charge in [0.2, 0.25) is 5.78 Å². The molecule has 0 atom stereocenters. The molecule has 52 valence electrons. The number of hydrogen-bond donors (Lipinski definition) is 2. The molecule has 0 radical (unpaired) electrons. The normalized spacial score (nSPS) is 11.0. The third-order valence-electron chi connectivity index (χ3n) is 0.727. The number of rotatable bonds is 2.